The van der Waals surface area contributed by atoms with E-state index < -0.39 is 10.0 Å². The zero-order chi connectivity index (χ0) is 21.2. The summed E-state index contributed by atoms with van der Waals surface area (Å²) in [5, 5.41) is 7.00. The number of piperazine rings is 1. The summed E-state index contributed by atoms with van der Waals surface area (Å²) >= 11 is 0. The fraction of sp³-hybridized carbons (Fsp3) is 0.450. The third-order valence-electron chi connectivity index (χ3n) is 4.90. The van der Waals surface area contributed by atoms with Crippen molar-refractivity contribution < 1.29 is 18.0 Å². The molecule has 0 spiro atoms. The van der Waals surface area contributed by atoms with Crippen molar-refractivity contribution in [2.75, 3.05) is 26.2 Å². The maximum absolute atomic E-state index is 12.8. The smallest absolute Gasteiger partial charge is 0.274 e. The molecule has 9 heteroatoms. The number of Topliss-reactive ketones (excluding diaryl/α,β-unsaturated/α-hetero) is 1. The second-order valence-corrected chi connectivity index (χ2v) is 9.59. The first-order valence-corrected chi connectivity index (χ1v) is 11.1. The lowest BCUT2D eigenvalue weighted by Crippen LogP contribution is -2.50. The molecule has 156 valence electrons. The Morgan fingerprint density at radius 3 is 2.28 bits per heavy atom. The van der Waals surface area contributed by atoms with E-state index in [9.17, 15) is 18.0 Å². The molecule has 0 aliphatic carbocycles. The van der Waals surface area contributed by atoms with Gasteiger partial charge in [-0.25, -0.2) is 8.42 Å². The van der Waals surface area contributed by atoms with Crippen molar-refractivity contribution >= 4 is 21.7 Å². The molecule has 29 heavy (non-hydrogen) atoms. The molecule has 2 aromatic rings. The number of hydrogen-bond acceptors (Lipinski definition) is 5. The molecule has 1 amide bonds. The molecule has 0 atom stereocenters. The van der Waals surface area contributed by atoms with Crippen molar-refractivity contribution in [3.05, 3.63) is 47.3 Å². The fourth-order valence-corrected chi connectivity index (χ4v) is 4.74. The van der Waals surface area contributed by atoms with Gasteiger partial charge in [0.05, 0.1) is 4.90 Å². The number of benzene rings is 1. The summed E-state index contributed by atoms with van der Waals surface area (Å²) < 4.78 is 27.1. The number of sulfonamides is 1. The van der Waals surface area contributed by atoms with Gasteiger partial charge >= 0.3 is 0 Å². The Morgan fingerprint density at radius 2 is 1.72 bits per heavy atom. The summed E-state index contributed by atoms with van der Waals surface area (Å²) in [5.74, 6) is 0.145. The van der Waals surface area contributed by atoms with Crippen LogP contribution < -0.4 is 0 Å². The van der Waals surface area contributed by atoms with Crippen LogP contribution in [0.5, 0.6) is 0 Å². The summed E-state index contributed by atoms with van der Waals surface area (Å²) in [4.78, 5) is 25.8. The highest BCUT2D eigenvalue weighted by Gasteiger charge is 2.31. The Labute approximate surface area is 170 Å². The predicted octanol–water partition coefficient (Wildman–Crippen LogP) is 1.96. The molecule has 3 rings (SSSR count). The standard InChI is InChI=1S/C20H26N4O4S/c1-14(2)12-17-13-19(22-21-17)20(26)23-8-10-24(11-9-23)29(27,28)18-6-4-16(5-7-18)15(3)25/h4-7,13-14H,8-12H2,1-3H3,(H,21,22). The number of H-pyrrole nitrogens is 1. The molecule has 0 bridgehead atoms. The Hall–Kier alpha value is -2.52. The molecule has 1 saturated heterocycles. The van der Waals surface area contributed by atoms with Crippen LogP contribution in [-0.2, 0) is 16.4 Å². The maximum Gasteiger partial charge on any atom is 0.274 e. The average molecular weight is 419 g/mol. The van der Waals surface area contributed by atoms with Crippen LogP contribution >= 0.6 is 0 Å². The number of aromatic amines is 1. The predicted molar refractivity (Wildman–Crippen MR) is 108 cm³/mol. The van der Waals surface area contributed by atoms with Crippen LogP contribution in [0.2, 0.25) is 0 Å². The molecule has 8 nitrogen and oxygen atoms in total. The normalized spacial score (nSPS) is 15.7. The van der Waals surface area contributed by atoms with E-state index in [1.54, 1.807) is 11.0 Å². The molecule has 0 radical (unpaired) electrons. The van der Waals surface area contributed by atoms with Gasteiger partial charge in [-0.1, -0.05) is 26.0 Å². The SMILES string of the molecule is CC(=O)c1ccc(S(=O)(=O)N2CCN(C(=O)c3cc(CC(C)C)[nH]n3)CC2)cc1. The van der Waals surface area contributed by atoms with E-state index >= 15 is 0 Å². The molecule has 1 N–H and O–H groups in total. The first-order chi connectivity index (χ1) is 13.7. The molecule has 1 aromatic heterocycles. The highest BCUT2D eigenvalue weighted by atomic mass is 32.2. The Balaban J connectivity index is 1.64. The summed E-state index contributed by atoms with van der Waals surface area (Å²) in [6.07, 6.45) is 0.814. The largest absolute Gasteiger partial charge is 0.335 e. The molecule has 1 aromatic carbocycles. The molecule has 1 aliphatic rings. The molecular weight excluding hydrogens is 392 g/mol. The monoisotopic (exact) mass is 418 g/mol. The van der Waals surface area contributed by atoms with Gasteiger partial charge in [0.25, 0.3) is 5.91 Å². The summed E-state index contributed by atoms with van der Waals surface area (Å²) in [6.45, 7) is 6.65. The van der Waals surface area contributed by atoms with E-state index in [1.165, 1.54) is 35.5 Å². The Kier molecular flexibility index (Phi) is 6.18. The Morgan fingerprint density at radius 1 is 1.10 bits per heavy atom. The molecule has 1 fully saturated rings. The van der Waals surface area contributed by atoms with Gasteiger partial charge in [-0.05, 0) is 37.5 Å². The molecular formula is C20H26N4O4S. The van der Waals surface area contributed by atoms with Gasteiger partial charge < -0.3 is 4.90 Å². The quantitative estimate of drug-likeness (QED) is 0.722. The van der Waals surface area contributed by atoms with Gasteiger partial charge in [-0.15, -0.1) is 0 Å². The van der Waals surface area contributed by atoms with E-state index in [4.69, 9.17) is 0 Å². The Bertz CT molecular complexity index is 988. The lowest BCUT2D eigenvalue weighted by atomic mass is 10.1. The van der Waals surface area contributed by atoms with Crippen LogP contribution in [0.25, 0.3) is 0 Å². The van der Waals surface area contributed by atoms with Crippen LogP contribution in [0.1, 0.15) is 47.3 Å². The minimum absolute atomic E-state index is 0.115. The second-order valence-electron chi connectivity index (χ2n) is 7.65. The van der Waals surface area contributed by atoms with E-state index in [0.29, 0.717) is 30.3 Å². The van der Waals surface area contributed by atoms with Crippen LogP contribution in [0.15, 0.2) is 35.2 Å². The van der Waals surface area contributed by atoms with Crippen LogP contribution in [0.4, 0.5) is 0 Å². The number of nitrogens with zero attached hydrogens (tertiary/aromatic N) is 3. The van der Waals surface area contributed by atoms with E-state index in [-0.39, 0.29) is 29.7 Å². The van der Waals surface area contributed by atoms with Gasteiger partial charge in [0.2, 0.25) is 10.0 Å². The second kappa shape index (κ2) is 8.46. The number of carbonyl (C=O) groups is 2. The van der Waals surface area contributed by atoms with E-state index in [2.05, 4.69) is 24.0 Å². The van der Waals surface area contributed by atoms with E-state index in [1.807, 2.05) is 0 Å². The third-order valence-corrected chi connectivity index (χ3v) is 6.82. The zero-order valence-corrected chi connectivity index (χ0v) is 17.7. The van der Waals surface area contributed by atoms with Crippen molar-refractivity contribution in [2.24, 2.45) is 5.92 Å². The summed E-state index contributed by atoms with van der Waals surface area (Å²) in [6, 6.07) is 7.69. The van der Waals surface area contributed by atoms with Crippen molar-refractivity contribution in [1.82, 2.24) is 19.4 Å². The topological polar surface area (TPSA) is 103 Å². The highest BCUT2D eigenvalue weighted by Crippen LogP contribution is 2.19. The summed E-state index contributed by atoms with van der Waals surface area (Å²) in [5.41, 5.74) is 1.74. The number of hydrogen-bond donors (Lipinski definition) is 1. The molecule has 0 saturated carbocycles. The number of rotatable bonds is 6. The van der Waals surface area contributed by atoms with Gasteiger partial charge in [0.1, 0.15) is 5.69 Å². The zero-order valence-electron chi connectivity index (χ0n) is 16.9. The average Bonchev–Trinajstić information content (AvgIpc) is 3.15. The van der Waals surface area contributed by atoms with Gasteiger partial charge in [0.15, 0.2) is 5.78 Å². The van der Waals surface area contributed by atoms with Crippen LogP contribution in [0.3, 0.4) is 0 Å². The number of amides is 1. The van der Waals surface area contributed by atoms with Gasteiger partial charge in [-0.3, -0.25) is 14.7 Å². The third kappa shape index (κ3) is 4.73. The molecule has 0 unspecified atom stereocenters. The molecule has 1 aliphatic heterocycles. The fourth-order valence-electron chi connectivity index (χ4n) is 3.32. The first kappa shape index (κ1) is 21.2. The highest BCUT2D eigenvalue weighted by molar-refractivity contribution is 7.89. The molecule has 2 heterocycles. The number of nitrogens with one attached hydrogen (secondary N) is 1. The lowest BCUT2D eigenvalue weighted by Gasteiger charge is -2.33. The van der Waals surface area contributed by atoms with Crippen LogP contribution in [-0.4, -0.2) is 65.7 Å². The number of aromatic nitrogens is 2. The first-order valence-electron chi connectivity index (χ1n) is 9.63. The summed E-state index contributed by atoms with van der Waals surface area (Å²) in [7, 11) is -3.67. The van der Waals surface area contributed by atoms with Crippen molar-refractivity contribution in [1.29, 1.82) is 0 Å². The van der Waals surface area contributed by atoms with Crippen molar-refractivity contribution in [2.45, 2.75) is 32.1 Å². The van der Waals surface area contributed by atoms with Gasteiger partial charge in [-0.2, -0.15) is 9.40 Å². The maximum atomic E-state index is 12.8. The number of carbonyl (C=O) groups excluding carboxylic acids is 2. The van der Waals surface area contributed by atoms with E-state index in [0.717, 1.165) is 12.1 Å². The minimum atomic E-state index is -3.67. The van der Waals surface area contributed by atoms with Crippen molar-refractivity contribution in [3.63, 3.8) is 0 Å². The minimum Gasteiger partial charge on any atom is -0.335 e. The number of ketones is 1. The van der Waals surface area contributed by atoms with Crippen LogP contribution in [0, 0.1) is 5.92 Å². The van der Waals surface area contributed by atoms with Gasteiger partial charge in [0, 0.05) is 37.4 Å². The van der Waals surface area contributed by atoms with Crippen molar-refractivity contribution in [3.8, 4) is 0 Å². The lowest BCUT2D eigenvalue weighted by molar-refractivity contribution is 0.0692.